The van der Waals surface area contributed by atoms with E-state index in [4.69, 9.17) is 9.47 Å². The first-order chi connectivity index (χ1) is 11.2. The van der Waals surface area contributed by atoms with Crippen LogP contribution in [0.3, 0.4) is 0 Å². The minimum absolute atomic E-state index is 0.0443. The van der Waals surface area contributed by atoms with E-state index in [2.05, 4.69) is 15.5 Å². The first-order valence-corrected chi connectivity index (χ1v) is 7.26. The van der Waals surface area contributed by atoms with Gasteiger partial charge in [-0.15, -0.1) is 10.2 Å². The Labute approximate surface area is 133 Å². The van der Waals surface area contributed by atoms with Crippen molar-refractivity contribution in [1.82, 2.24) is 15.5 Å². The number of nitrogens with zero attached hydrogens (tertiary/aromatic N) is 2. The number of amides is 1. The van der Waals surface area contributed by atoms with Crippen molar-refractivity contribution in [3.8, 4) is 17.1 Å². The van der Waals surface area contributed by atoms with Crippen molar-refractivity contribution in [2.45, 2.75) is 6.92 Å². The Morgan fingerprint density at radius 1 is 1.17 bits per heavy atom. The number of aromatic nitrogens is 2. The highest BCUT2D eigenvalue weighted by molar-refractivity contribution is 5.77. The van der Waals surface area contributed by atoms with Crippen molar-refractivity contribution in [3.05, 3.63) is 42.2 Å². The molecule has 7 heteroatoms. The number of carbonyl (C=O) groups is 1. The van der Waals surface area contributed by atoms with Crippen LogP contribution in [-0.2, 0) is 9.53 Å². The van der Waals surface area contributed by atoms with E-state index in [0.29, 0.717) is 24.7 Å². The van der Waals surface area contributed by atoms with Crippen LogP contribution in [0.1, 0.15) is 6.92 Å². The molecule has 1 amide bonds. The van der Waals surface area contributed by atoms with E-state index in [0.717, 1.165) is 5.56 Å². The molecule has 23 heavy (non-hydrogen) atoms. The number of rotatable bonds is 8. The van der Waals surface area contributed by atoms with Crippen LogP contribution >= 0.6 is 0 Å². The summed E-state index contributed by atoms with van der Waals surface area (Å²) in [6, 6.07) is 9.41. The molecule has 0 saturated carbocycles. The molecule has 2 rings (SSSR count). The van der Waals surface area contributed by atoms with Crippen molar-refractivity contribution in [2.24, 2.45) is 0 Å². The minimum Gasteiger partial charge on any atom is -0.475 e. The number of hydrogen-bond donors (Lipinski definition) is 1. The molecule has 0 fully saturated rings. The van der Waals surface area contributed by atoms with Gasteiger partial charge in [0.25, 0.3) is 0 Å². The van der Waals surface area contributed by atoms with Crippen molar-refractivity contribution < 1.29 is 18.7 Å². The molecule has 0 aliphatic carbocycles. The molecule has 0 aliphatic rings. The van der Waals surface area contributed by atoms with Crippen molar-refractivity contribution in [2.75, 3.05) is 26.4 Å². The molecular formula is C16H18FN3O3. The SMILES string of the molecule is CCOCC(=O)NCCOc1ccc(-c2ccc(F)cc2)nn1. The molecule has 0 spiro atoms. The summed E-state index contributed by atoms with van der Waals surface area (Å²) in [5.41, 5.74) is 1.40. The van der Waals surface area contributed by atoms with Gasteiger partial charge >= 0.3 is 0 Å². The van der Waals surface area contributed by atoms with Gasteiger partial charge in [-0.05, 0) is 37.3 Å². The largest absolute Gasteiger partial charge is 0.475 e. The van der Waals surface area contributed by atoms with E-state index in [1.54, 1.807) is 24.3 Å². The van der Waals surface area contributed by atoms with Gasteiger partial charge in [0.2, 0.25) is 11.8 Å². The van der Waals surface area contributed by atoms with Crippen LogP contribution in [0.25, 0.3) is 11.3 Å². The van der Waals surface area contributed by atoms with E-state index in [9.17, 15) is 9.18 Å². The molecule has 1 heterocycles. The smallest absolute Gasteiger partial charge is 0.246 e. The number of carbonyl (C=O) groups excluding carboxylic acids is 1. The van der Waals surface area contributed by atoms with Crippen LogP contribution in [0, 0.1) is 5.82 Å². The minimum atomic E-state index is -0.298. The molecule has 0 radical (unpaired) electrons. The van der Waals surface area contributed by atoms with Crippen molar-refractivity contribution in [1.29, 1.82) is 0 Å². The second kappa shape index (κ2) is 8.79. The zero-order chi connectivity index (χ0) is 16.5. The van der Waals surface area contributed by atoms with Gasteiger partial charge < -0.3 is 14.8 Å². The average molecular weight is 319 g/mol. The molecule has 122 valence electrons. The first-order valence-electron chi connectivity index (χ1n) is 7.26. The van der Waals surface area contributed by atoms with Gasteiger partial charge in [0.1, 0.15) is 19.0 Å². The van der Waals surface area contributed by atoms with Crippen LogP contribution < -0.4 is 10.1 Å². The molecule has 2 aromatic rings. The monoisotopic (exact) mass is 319 g/mol. The third kappa shape index (κ3) is 5.63. The number of hydrogen-bond acceptors (Lipinski definition) is 5. The standard InChI is InChI=1S/C16H18FN3O3/c1-2-22-11-15(21)18-9-10-23-16-8-7-14(19-20-16)12-3-5-13(17)6-4-12/h3-8H,2,9-11H2,1H3,(H,18,21). The van der Waals surface area contributed by atoms with Crippen LogP contribution in [0.5, 0.6) is 5.88 Å². The topological polar surface area (TPSA) is 73.3 Å². The molecule has 0 unspecified atom stereocenters. The Bertz CT molecular complexity index is 617. The second-order valence-electron chi connectivity index (χ2n) is 4.60. The molecule has 1 aromatic heterocycles. The fraction of sp³-hybridized carbons (Fsp3) is 0.312. The molecule has 1 N–H and O–H groups in total. The molecule has 0 atom stereocenters. The third-order valence-electron chi connectivity index (χ3n) is 2.89. The molecule has 1 aromatic carbocycles. The number of nitrogens with one attached hydrogen (secondary N) is 1. The number of benzene rings is 1. The molecule has 0 aliphatic heterocycles. The maximum absolute atomic E-state index is 12.9. The fourth-order valence-electron chi connectivity index (χ4n) is 1.76. The summed E-state index contributed by atoms with van der Waals surface area (Å²) in [6.07, 6.45) is 0. The quantitative estimate of drug-likeness (QED) is 0.751. The van der Waals surface area contributed by atoms with Crippen molar-refractivity contribution in [3.63, 3.8) is 0 Å². The lowest BCUT2D eigenvalue weighted by Gasteiger charge is -2.07. The van der Waals surface area contributed by atoms with Gasteiger partial charge in [-0.2, -0.15) is 0 Å². The van der Waals surface area contributed by atoms with E-state index >= 15 is 0 Å². The lowest BCUT2D eigenvalue weighted by molar-refractivity contribution is -0.125. The van der Waals surface area contributed by atoms with Gasteiger partial charge in [-0.25, -0.2) is 4.39 Å². The third-order valence-corrected chi connectivity index (χ3v) is 2.89. The number of halogens is 1. The Hall–Kier alpha value is -2.54. The van der Waals surface area contributed by atoms with E-state index < -0.39 is 0 Å². The summed E-state index contributed by atoms with van der Waals surface area (Å²) < 4.78 is 23.2. The first kappa shape index (κ1) is 16.8. The Morgan fingerprint density at radius 3 is 2.61 bits per heavy atom. The van der Waals surface area contributed by atoms with Crippen LogP contribution in [0.2, 0.25) is 0 Å². The molecular weight excluding hydrogens is 301 g/mol. The summed E-state index contributed by atoms with van der Waals surface area (Å²) in [7, 11) is 0. The van der Waals surface area contributed by atoms with Crippen LogP contribution in [0.15, 0.2) is 36.4 Å². The van der Waals surface area contributed by atoms with E-state index in [1.165, 1.54) is 12.1 Å². The van der Waals surface area contributed by atoms with Gasteiger partial charge in [-0.1, -0.05) is 0 Å². The van der Waals surface area contributed by atoms with E-state index in [-0.39, 0.29) is 24.9 Å². The van der Waals surface area contributed by atoms with Crippen LogP contribution in [0.4, 0.5) is 4.39 Å². The summed E-state index contributed by atoms with van der Waals surface area (Å²) >= 11 is 0. The van der Waals surface area contributed by atoms with Gasteiger partial charge in [0.05, 0.1) is 12.2 Å². The van der Waals surface area contributed by atoms with E-state index in [1.807, 2.05) is 6.92 Å². The van der Waals surface area contributed by atoms with Crippen molar-refractivity contribution >= 4 is 5.91 Å². The predicted molar refractivity (Wildman–Crippen MR) is 82.4 cm³/mol. The normalized spacial score (nSPS) is 10.3. The van der Waals surface area contributed by atoms with Gasteiger partial charge in [0.15, 0.2) is 0 Å². The maximum Gasteiger partial charge on any atom is 0.246 e. The highest BCUT2D eigenvalue weighted by Gasteiger charge is 2.03. The zero-order valence-corrected chi connectivity index (χ0v) is 12.8. The Kier molecular flexibility index (Phi) is 6.43. The molecule has 0 saturated heterocycles. The predicted octanol–water partition coefficient (Wildman–Crippen LogP) is 1.81. The second-order valence-corrected chi connectivity index (χ2v) is 4.60. The maximum atomic E-state index is 12.9. The van der Waals surface area contributed by atoms with Gasteiger partial charge in [-0.3, -0.25) is 4.79 Å². The summed E-state index contributed by atoms with van der Waals surface area (Å²) in [5, 5.41) is 10.6. The average Bonchev–Trinajstić information content (AvgIpc) is 2.58. The molecule has 6 nitrogen and oxygen atoms in total. The summed E-state index contributed by atoms with van der Waals surface area (Å²) in [5.74, 6) is -0.129. The van der Waals surface area contributed by atoms with Gasteiger partial charge in [0, 0.05) is 18.2 Å². The lowest BCUT2D eigenvalue weighted by atomic mass is 10.1. The summed E-state index contributed by atoms with van der Waals surface area (Å²) in [6.45, 7) is 3.00. The zero-order valence-electron chi connectivity index (χ0n) is 12.8. The molecule has 0 bridgehead atoms. The van der Waals surface area contributed by atoms with Crippen LogP contribution in [-0.4, -0.2) is 42.5 Å². The summed E-state index contributed by atoms with van der Waals surface area (Å²) in [4.78, 5) is 11.3. The Morgan fingerprint density at radius 2 is 1.96 bits per heavy atom. The number of ether oxygens (including phenoxy) is 2. The lowest BCUT2D eigenvalue weighted by Crippen LogP contribution is -2.31. The Balaban J connectivity index is 1.77. The highest BCUT2D eigenvalue weighted by atomic mass is 19.1. The fourth-order valence-corrected chi connectivity index (χ4v) is 1.76. The highest BCUT2D eigenvalue weighted by Crippen LogP contribution is 2.17.